The minimum Gasteiger partial charge on any atom is -0.496 e. The molecule has 2 aromatic rings. The van der Waals surface area contributed by atoms with Crippen LogP contribution in [0.1, 0.15) is 36.8 Å². The van der Waals surface area contributed by atoms with Crippen molar-refractivity contribution in [2.45, 2.75) is 43.9 Å². The van der Waals surface area contributed by atoms with E-state index < -0.39 is 5.60 Å². The molecule has 0 saturated heterocycles. The highest BCUT2D eigenvalue weighted by atomic mass is 35.5. The maximum atomic E-state index is 10.9. The zero-order chi connectivity index (χ0) is 17.0. The number of nitrogens with one attached hydrogen (secondary N) is 1. The molecule has 2 N–H and O–H groups in total. The van der Waals surface area contributed by atoms with Crippen molar-refractivity contribution >= 4 is 11.6 Å². The van der Waals surface area contributed by atoms with E-state index in [4.69, 9.17) is 16.3 Å². The molecule has 1 heterocycles. The molecule has 5 heteroatoms. The van der Waals surface area contributed by atoms with Crippen LogP contribution in [-0.4, -0.2) is 23.2 Å². The van der Waals surface area contributed by atoms with Gasteiger partial charge in [0.15, 0.2) is 0 Å². The van der Waals surface area contributed by atoms with Crippen molar-refractivity contribution < 1.29 is 9.84 Å². The smallest absolute Gasteiger partial charge is 0.126 e. The molecule has 0 bridgehead atoms. The monoisotopic (exact) mass is 346 g/mol. The first-order chi connectivity index (χ1) is 11.6. The average Bonchev–Trinajstić information content (AvgIpc) is 2.61. The molecule has 1 fully saturated rings. The van der Waals surface area contributed by atoms with Crippen LogP contribution < -0.4 is 10.1 Å². The van der Waals surface area contributed by atoms with Crippen LogP contribution in [-0.2, 0) is 12.1 Å². The van der Waals surface area contributed by atoms with Crippen LogP contribution in [0.25, 0.3) is 0 Å². The van der Waals surface area contributed by atoms with Gasteiger partial charge in [-0.1, -0.05) is 23.7 Å². The van der Waals surface area contributed by atoms with Crippen LogP contribution in [0, 0.1) is 0 Å². The zero-order valence-corrected chi connectivity index (χ0v) is 14.6. The summed E-state index contributed by atoms with van der Waals surface area (Å²) in [7, 11) is 1.67. The molecule has 128 valence electrons. The van der Waals surface area contributed by atoms with Gasteiger partial charge in [0.25, 0.3) is 0 Å². The second-order valence-corrected chi connectivity index (χ2v) is 6.82. The lowest BCUT2D eigenvalue weighted by atomic mass is 9.78. The van der Waals surface area contributed by atoms with Gasteiger partial charge in [-0.25, -0.2) is 0 Å². The molecular weight excluding hydrogens is 324 g/mol. The fourth-order valence-electron chi connectivity index (χ4n) is 3.37. The largest absolute Gasteiger partial charge is 0.496 e. The Balaban J connectivity index is 1.57. The van der Waals surface area contributed by atoms with E-state index in [1.54, 1.807) is 13.3 Å². The second-order valence-electron chi connectivity index (χ2n) is 6.38. The lowest BCUT2D eigenvalue weighted by Gasteiger charge is -2.37. The molecular formula is C19H23ClN2O2. The maximum Gasteiger partial charge on any atom is 0.126 e. The average molecular weight is 347 g/mol. The second kappa shape index (κ2) is 7.51. The first kappa shape index (κ1) is 17.2. The molecule has 24 heavy (non-hydrogen) atoms. The van der Waals surface area contributed by atoms with Gasteiger partial charge in [0.05, 0.1) is 12.7 Å². The molecule has 1 aliphatic carbocycles. The Bertz CT molecular complexity index is 685. The van der Waals surface area contributed by atoms with E-state index in [1.165, 1.54) is 0 Å². The van der Waals surface area contributed by atoms with Gasteiger partial charge in [0.2, 0.25) is 0 Å². The van der Waals surface area contributed by atoms with Crippen molar-refractivity contribution in [1.82, 2.24) is 10.3 Å². The SMILES string of the molecule is COc1ccncc1CNC1CCC(O)(c2cccc(Cl)c2)CC1. The van der Waals surface area contributed by atoms with Gasteiger partial charge >= 0.3 is 0 Å². The summed E-state index contributed by atoms with van der Waals surface area (Å²) in [5.74, 6) is 0.851. The fraction of sp³-hybridized carbons (Fsp3) is 0.421. The minimum atomic E-state index is -0.769. The molecule has 1 aromatic heterocycles. The van der Waals surface area contributed by atoms with Crippen molar-refractivity contribution in [3.8, 4) is 5.75 Å². The number of halogens is 1. The van der Waals surface area contributed by atoms with Gasteiger partial charge in [-0.05, 0) is 49.4 Å². The number of benzene rings is 1. The predicted molar refractivity (Wildman–Crippen MR) is 95.2 cm³/mol. The number of pyridine rings is 1. The van der Waals surface area contributed by atoms with E-state index in [9.17, 15) is 5.11 Å². The van der Waals surface area contributed by atoms with Crippen LogP contribution in [0.5, 0.6) is 5.75 Å². The molecule has 0 atom stereocenters. The van der Waals surface area contributed by atoms with Crippen LogP contribution in [0.4, 0.5) is 0 Å². The summed E-state index contributed by atoms with van der Waals surface area (Å²) < 4.78 is 5.35. The summed E-state index contributed by atoms with van der Waals surface area (Å²) in [6.07, 6.45) is 6.87. The number of rotatable bonds is 5. The molecule has 0 aliphatic heterocycles. The van der Waals surface area contributed by atoms with Gasteiger partial charge in [-0.15, -0.1) is 0 Å². The summed E-state index contributed by atoms with van der Waals surface area (Å²) in [4.78, 5) is 4.16. The highest BCUT2D eigenvalue weighted by molar-refractivity contribution is 6.30. The minimum absolute atomic E-state index is 0.384. The fourth-order valence-corrected chi connectivity index (χ4v) is 3.56. The first-order valence-corrected chi connectivity index (χ1v) is 8.67. The topological polar surface area (TPSA) is 54.4 Å². The standard InChI is InChI=1S/C19H23ClN2O2/c1-24-18-7-10-21-12-14(18)13-22-17-5-8-19(23,9-6-17)15-3-2-4-16(20)11-15/h2-4,7,10-12,17,22-23H,5-6,8-9,13H2,1H3. The van der Waals surface area contributed by atoms with Crippen molar-refractivity contribution in [2.75, 3.05) is 7.11 Å². The van der Waals surface area contributed by atoms with E-state index in [-0.39, 0.29) is 0 Å². The van der Waals surface area contributed by atoms with Gasteiger partial charge in [-0.2, -0.15) is 0 Å². The van der Waals surface area contributed by atoms with Gasteiger partial charge in [-0.3, -0.25) is 4.98 Å². The predicted octanol–water partition coefficient (Wildman–Crippen LogP) is 3.66. The number of nitrogens with zero attached hydrogens (tertiary/aromatic N) is 1. The summed E-state index contributed by atoms with van der Waals surface area (Å²) in [5, 5.41) is 15.2. The highest BCUT2D eigenvalue weighted by Crippen LogP contribution is 2.38. The Hall–Kier alpha value is -1.62. The number of methoxy groups -OCH3 is 1. The molecule has 1 saturated carbocycles. The zero-order valence-electron chi connectivity index (χ0n) is 13.8. The molecule has 0 amide bonds. The molecule has 1 aliphatic rings. The maximum absolute atomic E-state index is 10.9. The van der Waals surface area contributed by atoms with Gasteiger partial charge in [0, 0.05) is 35.6 Å². The summed E-state index contributed by atoms with van der Waals surface area (Å²) in [6.45, 7) is 0.720. The third-order valence-electron chi connectivity index (χ3n) is 4.83. The number of aliphatic hydroxyl groups is 1. The van der Waals surface area contributed by atoms with Crippen LogP contribution in [0.2, 0.25) is 5.02 Å². The van der Waals surface area contributed by atoms with E-state index in [1.807, 2.05) is 36.5 Å². The van der Waals surface area contributed by atoms with Crippen molar-refractivity contribution in [3.63, 3.8) is 0 Å². The van der Waals surface area contributed by atoms with Crippen LogP contribution in [0.3, 0.4) is 0 Å². The Labute approximate surface area is 147 Å². The number of hydrogen-bond donors (Lipinski definition) is 2. The van der Waals surface area contributed by atoms with Crippen molar-refractivity contribution in [3.05, 3.63) is 58.9 Å². The van der Waals surface area contributed by atoms with Gasteiger partial charge < -0.3 is 15.2 Å². The summed E-state index contributed by atoms with van der Waals surface area (Å²) in [6, 6.07) is 9.82. The van der Waals surface area contributed by atoms with Gasteiger partial charge in [0.1, 0.15) is 5.75 Å². The molecule has 4 nitrogen and oxygen atoms in total. The Morgan fingerprint density at radius 1 is 1.33 bits per heavy atom. The highest BCUT2D eigenvalue weighted by Gasteiger charge is 2.34. The van der Waals surface area contributed by atoms with E-state index in [2.05, 4.69) is 10.3 Å². The van der Waals surface area contributed by atoms with Crippen LogP contribution >= 0.6 is 11.6 Å². The lowest BCUT2D eigenvalue weighted by molar-refractivity contribution is -0.00848. The third-order valence-corrected chi connectivity index (χ3v) is 5.07. The van der Waals surface area contributed by atoms with Crippen molar-refractivity contribution in [2.24, 2.45) is 0 Å². The molecule has 3 rings (SSSR count). The lowest BCUT2D eigenvalue weighted by Crippen LogP contribution is -2.39. The Morgan fingerprint density at radius 2 is 2.12 bits per heavy atom. The quantitative estimate of drug-likeness (QED) is 0.867. The molecule has 0 radical (unpaired) electrons. The first-order valence-electron chi connectivity index (χ1n) is 8.29. The summed E-state index contributed by atoms with van der Waals surface area (Å²) >= 11 is 6.06. The molecule has 1 aromatic carbocycles. The third kappa shape index (κ3) is 3.89. The van der Waals surface area contributed by atoms with E-state index in [0.717, 1.165) is 49.1 Å². The number of ether oxygens (including phenoxy) is 1. The summed E-state index contributed by atoms with van der Waals surface area (Å²) in [5.41, 5.74) is 1.20. The number of hydrogen-bond acceptors (Lipinski definition) is 4. The normalized spacial score (nSPS) is 23.9. The Kier molecular flexibility index (Phi) is 5.39. The molecule has 0 unspecified atom stereocenters. The Morgan fingerprint density at radius 3 is 2.83 bits per heavy atom. The van der Waals surface area contributed by atoms with E-state index >= 15 is 0 Å². The van der Waals surface area contributed by atoms with Crippen LogP contribution in [0.15, 0.2) is 42.7 Å². The number of aromatic nitrogens is 1. The van der Waals surface area contributed by atoms with Crippen molar-refractivity contribution in [1.29, 1.82) is 0 Å². The molecule has 0 spiro atoms. The van der Waals surface area contributed by atoms with E-state index in [0.29, 0.717) is 11.1 Å².